The predicted molar refractivity (Wildman–Crippen MR) is 53.4 cm³/mol. The van der Waals surface area contributed by atoms with Crippen LogP contribution < -0.4 is 0 Å². The maximum atomic E-state index is 11.4. The first-order valence-corrected chi connectivity index (χ1v) is 5.19. The van der Waals surface area contributed by atoms with E-state index in [1.165, 1.54) is 18.4 Å². The summed E-state index contributed by atoms with van der Waals surface area (Å²) in [6.45, 7) is 6.77. The smallest absolute Gasteiger partial charge is 0.155 e. The maximum absolute atomic E-state index is 11.4. The Labute approximate surface area is 80.2 Å². The summed E-state index contributed by atoms with van der Waals surface area (Å²) in [6.07, 6.45) is 5.16. The molecule has 0 unspecified atom stereocenters. The third-order valence-corrected chi connectivity index (χ3v) is 3.59. The van der Waals surface area contributed by atoms with Crippen molar-refractivity contribution < 1.29 is 4.79 Å². The van der Waals surface area contributed by atoms with Crippen LogP contribution >= 0.6 is 0 Å². The van der Waals surface area contributed by atoms with Gasteiger partial charge in [-0.1, -0.05) is 19.4 Å². The van der Waals surface area contributed by atoms with Gasteiger partial charge in [0.1, 0.15) is 0 Å². The van der Waals surface area contributed by atoms with E-state index in [4.69, 9.17) is 0 Å². The number of carbonyl (C=O) groups excluding carboxylic acids is 1. The van der Waals surface area contributed by atoms with Crippen molar-refractivity contribution in [3.63, 3.8) is 0 Å². The van der Waals surface area contributed by atoms with E-state index in [2.05, 4.69) is 20.8 Å². The van der Waals surface area contributed by atoms with Gasteiger partial charge in [-0.15, -0.1) is 0 Å². The molecule has 1 fully saturated rings. The van der Waals surface area contributed by atoms with Crippen molar-refractivity contribution in [2.45, 2.75) is 40.0 Å². The largest absolute Gasteiger partial charge is 0.295 e. The van der Waals surface area contributed by atoms with E-state index in [0.29, 0.717) is 23.0 Å². The third-order valence-electron chi connectivity index (χ3n) is 3.59. The topological polar surface area (TPSA) is 17.1 Å². The minimum atomic E-state index is 0.344. The standard InChI is InChI=1S/C12H18O/c1-8-4-10(13)5-9-6-12(2,3)7-11(8)9/h4,9,11H,5-7H2,1-3H3/t9-,11-/m0/s1. The lowest BCUT2D eigenvalue weighted by Crippen LogP contribution is -2.18. The van der Waals surface area contributed by atoms with Crippen LogP contribution in [-0.2, 0) is 4.79 Å². The first kappa shape index (κ1) is 8.98. The monoisotopic (exact) mass is 178 g/mol. The van der Waals surface area contributed by atoms with Gasteiger partial charge in [0.2, 0.25) is 0 Å². The van der Waals surface area contributed by atoms with Gasteiger partial charge in [-0.2, -0.15) is 0 Å². The molecular weight excluding hydrogens is 160 g/mol. The van der Waals surface area contributed by atoms with Crippen LogP contribution in [-0.4, -0.2) is 5.78 Å². The lowest BCUT2D eigenvalue weighted by Gasteiger charge is -2.23. The lowest BCUT2D eigenvalue weighted by atomic mass is 9.81. The van der Waals surface area contributed by atoms with E-state index in [0.717, 1.165) is 6.42 Å². The van der Waals surface area contributed by atoms with Gasteiger partial charge in [0.25, 0.3) is 0 Å². The average molecular weight is 178 g/mol. The van der Waals surface area contributed by atoms with Crippen molar-refractivity contribution in [2.75, 3.05) is 0 Å². The van der Waals surface area contributed by atoms with Gasteiger partial charge in [-0.25, -0.2) is 0 Å². The van der Waals surface area contributed by atoms with Gasteiger partial charge in [-0.3, -0.25) is 4.79 Å². The van der Waals surface area contributed by atoms with Gasteiger partial charge in [0.15, 0.2) is 5.78 Å². The van der Waals surface area contributed by atoms with Gasteiger partial charge in [0, 0.05) is 6.42 Å². The summed E-state index contributed by atoms with van der Waals surface area (Å²) in [6, 6.07) is 0. The molecule has 1 nitrogen and oxygen atoms in total. The van der Waals surface area contributed by atoms with E-state index >= 15 is 0 Å². The molecule has 0 aliphatic heterocycles. The summed E-state index contributed by atoms with van der Waals surface area (Å²) in [5, 5.41) is 0. The summed E-state index contributed by atoms with van der Waals surface area (Å²) >= 11 is 0. The van der Waals surface area contributed by atoms with Crippen LogP contribution in [0.25, 0.3) is 0 Å². The van der Waals surface area contributed by atoms with Crippen LogP contribution in [0.4, 0.5) is 0 Å². The second kappa shape index (κ2) is 2.70. The molecule has 0 aromatic heterocycles. The molecule has 0 N–H and O–H groups in total. The summed E-state index contributed by atoms with van der Waals surface area (Å²) in [5.41, 5.74) is 1.78. The van der Waals surface area contributed by atoms with Gasteiger partial charge in [-0.05, 0) is 43.1 Å². The quantitative estimate of drug-likeness (QED) is 0.557. The Balaban J connectivity index is 2.25. The minimum absolute atomic E-state index is 0.344. The number of allylic oxidation sites excluding steroid dienone is 2. The van der Waals surface area contributed by atoms with Crippen molar-refractivity contribution >= 4 is 5.78 Å². The molecule has 0 spiro atoms. The lowest BCUT2D eigenvalue weighted by molar-refractivity contribution is -0.116. The maximum Gasteiger partial charge on any atom is 0.155 e. The molecule has 0 heterocycles. The van der Waals surface area contributed by atoms with Gasteiger partial charge >= 0.3 is 0 Å². The highest BCUT2D eigenvalue weighted by atomic mass is 16.1. The Morgan fingerprint density at radius 2 is 2.08 bits per heavy atom. The van der Waals surface area contributed by atoms with E-state index in [9.17, 15) is 4.79 Å². The van der Waals surface area contributed by atoms with Crippen LogP contribution in [0.2, 0.25) is 0 Å². The first-order chi connectivity index (χ1) is 5.98. The Hall–Kier alpha value is -0.590. The van der Waals surface area contributed by atoms with Crippen molar-refractivity contribution in [1.29, 1.82) is 0 Å². The average Bonchev–Trinajstić information content (AvgIpc) is 2.23. The molecule has 0 bridgehead atoms. The zero-order chi connectivity index (χ0) is 9.64. The Morgan fingerprint density at radius 3 is 2.77 bits per heavy atom. The fraction of sp³-hybridized carbons (Fsp3) is 0.750. The van der Waals surface area contributed by atoms with Crippen molar-refractivity contribution in [1.82, 2.24) is 0 Å². The number of hydrogen-bond donors (Lipinski definition) is 0. The van der Waals surface area contributed by atoms with Crippen LogP contribution in [0.15, 0.2) is 11.6 Å². The molecule has 0 aromatic rings. The molecule has 0 radical (unpaired) electrons. The number of ketones is 1. The normalized spacial score (nSPS) is 37.2. The second-order valence-electron chi connectivity index (χ2n) is 5.50. The fourth-order valence-corrected chi connectivity index (χ4v) is 3.12. The minimum Gasteiger partial charge on any atom is -0.295 e. The van der Waals surface area contributed by atoms with Crippen molar-refractivity contribution in [3.05, 3.63) is 11.6 Å². The van der Waals surface area contributed by atoms with Crippen LogP contribution in [0.5, 0.6) is 0 Å². The molecular formula is C12H18O. The molecule has 0 saturated heterocycles. The van der Waals surface area contributed by atoms with E-state index < -0.39 is 0 Å². The molecule has 0 amide bonds. The highest BCUT2D eigenvalue weighted by Gasteiger charge is 2.42. The summed E-state index contributed by atoms with van der Waals surface area (Å²) in [5.74, 6) is 1.69. The zero-order valence-corrected chi connectivity index (χ0v) is 8.76. The fourth-order valence-electron chi connectivity index (χ4n) is 3.12. The predicted octanol–water partition coefficient (Wildman–Crippen LogP) is 2.96. The molecule has 2 aliphatic carbocycles. The number of hydrogen-bond acceptors (Lipinski definition) is 1. The van der Waals surface area contributed by atoms with Gasteiger partial charge < -0.3 is 0 Å². The number of fused-ring (bicyclic) bond motifs is 1. The van der Waals surface area contributed by atoms with Crippen LogP contribution in [0.1, 0.15) is 40.0 Å². The third kappa shape index (κ3) is 1.56. The molecule has 0 aromatic carbocycles. The van der Waals surface area contributed by atoms with Crippen molar-refractivity contribution in [2.24, 2.45) is 17.3 Å². The molecule has 72 valence electrons. The molecule has 2 aliphatic rings. The first-order valence-electron chi connectivity index (χ1n) is 5.19. The van der Waals surface area contributed by atoms with Gasteiger partial charge in [0.05, 0.1) is 0 Å². The molecule has 1 saturated carbocycles. The number of carbonyl (C=O) groups is 1. The second-order valence-corrected chi connectivity index (χ2v) is 5.50. The highest BCUT2D eigenvalue weighted by molar-refractivity contribution is 5.91. The summed E-state index contributed by atoms with van der Waals surface area (Å²) in [4.78, 5) is 11.4. The summed E-state index contributed by atoms with van der Waals surface area (Å²) < 4.78 is 0. The number of rotatable bonds is 0. The summed E-state index contributed by atoms with van der Waals surface area (Å²) in [7, 11) is 0. The van der Waals surface area contributed by atoms with E-state index in [1.807, 2.05) is 6.08 Å². The highest BCUT2D eigenvalue weighted by Crippen LogP contribution is 2.50. The zero-order valence-electron chi connectivity index (χ0n) is 8.76. The van der Waals surface area contributed by atoms with Crippen LogP contribution in [0.3, 0.4) is 0 Å². The van der Waals surface area contributed by atoms with E-state index in [1.54, 1.807) is 0 Å². The molecule has 13 heavy (non-hydrogen) atoms. The Bertz CT molecular complexity index is 273. The Kier molecular flexibility index (Phi) is 1.86. The molecule has 2 rings (SSSR count). The molecule has 2 atom stereocenters. The van der Waals surface area contributed by atoms with Crippen LogP contribution in [0, 0.1) is 17.3 Å². The van der Waals surface area contributed by atoms with Crippen molar-refractivity contribution in [3.8, 4) is 0 Å². The van der Waals surface area contributed by atoms with E-state index in [-0.39, 0.29) is 0 Å². The SMILES string of the molecule is CC1=CC(=O)C[C@H]2CC(C)(C)C[C@@H]12. The Morgan fingerprint density at radius 1 is 1.38 bits per heavy atom. The molecule has 1 heteroatoms.